The first kappa shape index (κ1) is 24.0. The Kier molecular flexibility index (Phi) is 8.10. The van der Waals surface area contributed by atoms with Gasteiger partial charge in [0.25, 0.3) is 0 Å². The molecule has 0 fully saturated rings. The molecule has 3 unspecified atom stereocenters. The highest BCUT2D eigenvalue weighted by Crippen LogP contribution is 2.28. The van der Waals surface area contributed by atoms with E-state index in [9.17, 15) is 23.4 Å². The van der Waals surface area contributed by atoms with Crippen molar-refractivity contribution in [2.45, 2.75) is 32.4 Å². The number of nitrogens with two attached hydrogens (primary N) is 1. The molecule has 0 aliphatic carbocycles. The van der Waals surface area contributed by atoms with Crippen LogP contribution < -0.4 is 5.73 Å². The first-order valence-electron chi connectivity index (χ1n) is 9.30. The predicted molar refractivity (Wildman–Crippen MR) is 122 cm³/mol. The standard InChI is InChI=1S/C20H20N4O5S3/c21-18(31-20-22-10-11-30-20)16(25)12-17(19(26)27)32(28,29)15-8-6-14(7-9-15)24-23-13-4-2-1-3-5-13/h1-11,16-18,25H,12,21H2,(H,26,27). The van der Waals surface area contributed by atoms with Gasteiger partial charge in [0.15, 0.2) is 19.4 Å². The fourth-order valence-electron chi connectivity index (χ4n) is 2.65. The number of carbonyl (C=O) groups is 1. The Morgan fingerprint density at radius 1 is 1.09 bits per heavy atom. The highest BCUT2D eigenvalue weighted by Gasteiger charge is 2.37. The van der Waals surface area contributed by atoms with Crippen LogP contribution in [0.1, 0.15) is 6.42 Å². The van der Waals surface area contributed by atoms with Crippen molar-refractivity contribution in [2.75, 3.05) is 0 Å². The van der Waals surface area contributed by atoms with Crippen molar-refractivity contribution in [2.24, 2.45) is 16.0 Å². The number of hydrogen-bond acceptors (Lipinski definition) is 10. The van der Waals surface area contributed by atoms with E-state index < -0.39 is 39.0 Å². The number of thioether (sulfide) groups is 1. The molecule has 0 saturated heterocycles. The summed E-state index contributed by atoms with van der Waals surface area (Å²) < 4.78 is 26.5. The zero-order valence-electron chi connectivity index (χ0n) is 16.6. The van der Waals surface area contributed by atoms with E-state index in [1.54, 1.807) is 23.7 Å². The summed E-state index contributed by atoms with van der Waals surface area (Å²) in [6.07, 6.45) is -0.370. The lowest BCUT2D eigenvalue weighted by atomic mass is 10.2. The van der Waals surface area contributed by atoms with Crippen LogP contribution in [0, 0.1) is 0 Å². The maximum atomic E-state index is 12.9. The number of carboxylic acid groups (broad SMARTS) is 1. The number of sulfone groups is 1. The first-order valence-corrected chi connectivity index (χ1v) is 12.6. The van der Waals surface area contributed by atoms with Gasteiger partial charge < -0.3 is 15.9 Å². The zero-order chi connectivity index (χ0) is 23.1. The Morgan fingerprint density at radius 2 is 1.72 bits per heavy atom. The van der Waals surface area contributed by atoms with Crippen LogP contribution in [0.5, 0.6) is 0 Å². The van der Waals surface area contributed by atoms with E-state index in [0.717, 1.165) is 11.8 Å². The molecule has 0 amide bonds. The van der Waals surface area contributed by atoms with Gasteiger partial charge in [-0.15, -0.1) is 11.3 Å². The summed E-state index contributed by atoms with van der Waals surface area (Å²) >= 11 is 2.36. The third-order valence-corrected chi connectivity index (χ3v) is 8.44. The average molecular weight is 493 g/mol. The van der Waals surface area contributed by atoms with Crippen molar-refractivity contribution in [3.63, 3.8) is 0 Å². The Morgan fingerprint density at radius 3 is 2.28 bits per heavy atom. The topological polar surface area (TPSA) is 155 Å². The highest BCUT2D eigenvalue weighted by atomic mass is 32.2. The molecular formula is C20H20N4O5S3. The summed E-state index contributed by atoms with van der Waals surface area (Å²) in [5.41, 5.74) is 6.95. The van der Waals surface area contributed by atoms with Crippen molar-refractivity contribution >= 4 is 50.3 Å². The maximum absolute atomic E-state index is 12.9. The van der Waals surface area contributed by atoms with Gasteiger partial charge in [0.2, 0.25) is 0 Å². The third kappa shape index (κ3) is 6.20. The molecule has 4 N–H and O–H groups in total. The van der Waals surface area contributed by atoms with Crippen LogP contribution >= 0.6 is 23.1 Å². The minimum absolute atomic E-state index is 0.197. The minimum atomic E-state index is -4.28. The second-order valence-corrected chi connectivity index (χ2v) is 11.0. The average Bonchev–Trinajstić information content (AvgIpc) is 3.29. The molecule has 0 radical (unpaired) electrons. The Labute approximate surface area is 193 Å². The molecule has 1 aromatic heterocycles. The number of benzene rings is 2. The minimum Gasteiger partial charge on any atom is -0.480 e. The second-order valence-electron chi connectivity index (χ2n) is 6.58. The lowest BCUT2D eigenvalue weighted by Crippen LogP contribution is -2.40. The number of thiazole rings is 1. The van der Waals surface area contributed by atoms with Gasteiger partial charge in [-0.25, -0.2) is 13.4 Å². The van der Waals surface area contributed by atoms with E-state index in [0.29, 0.717) is 15.7 Å². The van der Waals surface area contributed by atoms with E-state index in [2.05, 4.69) is 15.2 Å². The molecule has 1 heterocycles. The van der Waals surface area contributed by atoms with Crippen molar-refractivity contribution < 1.29 is 23.4 Å². The van der Waals surface area contributed by atoms with Gasteiger partial charge in [-0.2, -0.15) is 10.2 Å². The molecule has 12 heteroatoms. The predicted octanol–water partition coefficient (Wildman–Crippen LogP) is 3.61. The maximum Gasteiger partial charge on any atom is 0.322 e. The van der Waals surface area contributed by atoms with Crippen LogP contribution in [-0.4, -0.2) is 46.3 Å². The molecule has 3 atom stereocenters. The first-order chi connectivity index (χ1) is 15.3. The van der Waals surface area contributed by atoms with E-state index in [4.69, 9.17) is 5.73 Å². The molecule has 0 spiro atoms. The molecule has 0 aliphatic heterocycles. The van der Waals surface area contributed by atoms with Gasteiger partial charge in [-0.05, 0) is 36.4 Å². The fraction of sp³-hybridized carbons (Fsp3) is 0.200. The van der Waals surface area contributed by atoms with Gasteiger partial charge in [-0.1, -0.05) is 30.0 Å². The number of aliphatic hydroxyl groups is 1. The van der Waals surface area contributed by atoms with Gasteiger partial charge in [-0.3, -0.25) is 4.79 Å². The Hall–Kier alpha value is -2.64. The van der Waals surface area contributed by atoms with Crippen LogP contribution in [0.15, 0.2) is 85.6 Å². The molecule has 0 bridgehead atoms. The van der Waals surface area contributed by atoms with Gasteiger partial charge in [0, 0.05) is 18.0 Å². The molecule has 168 valence electrons. The second kappa shape index (κ2) is 10.8. The van der Waals surface area contributed by atoms with Gasteiger partial charge in [0.05, 0.1) is 27.7 Å². The normalized spacial score (nSPS) is 14.8. The number of aliphatic carboxylic acids is 1. The van der Waals surface area contributed by atoms with Crippen LogP contribution in [0.4, 0.5) is 11.4 Å². The number of aliphatic hydroxyl groups excluding tert-OH is 1. The zero-order valence-corrected chi connectivity index (χ0v) is 19.0. The van der Waals surface area contributed by atoms with Crippen molar-refractivity contribution in [1.29, 1.82) is 0 Å². The number of nitrogens with zero attached hydrogens (tertiary/aromatic N) is 3. The summed E-state index contributed by atoms with van der Waals surface area (Å²) in [7, 11) is -4.28. The lowest BCUT2D eigenvalue weighted by molar-refractivity contribution is -0.137. The van der Waals surface area contributed by atoms with E-state index in [1.165, 1.54) is 35.6 Å². The number of azo groups is 1. The van der Waals surface area contributed by atoms with Crippen molar-refractivity contribution in [3.05, 3.63) is 66.2 Å². The molecule has 0 saturated carbocycles. The molecule has 32 heavy (non-hydrogen) atoms. The largest absolute Gasteiger partial charge is 0.480 e. The van der Waals surface area contributed by atoms with Crippen LogP contribution in [-0.2, 0) is 14.6 Å². The summed E-state index contributed by atoms with van der Waals surface area (Å²) in [5, 5.41) is 26.9. The number of aromatic nitrogens is 1. The number of carboxylic acids is 1. The van der Waals surface area contributed by atoms with E-state index in [-0.39, 0.29) is 4.90 Å². The Bertz CT molecular complexity index is 1150. The van der Waals surface area contributed by atoms with Crippen molar-refractivity contribution in [1.82, 2.24) is 4.98 Å². The fourth-order valence-corrected chi connectivity index (χ4v) is 5.92. The Balaban J connectivity index is 1.72. The molecule has 3 aromatic rings. The molecule has 0 aliphatic rings. The summed E-state index contributed by atoms with van der Waals surface area (Å²) in [5.74, 6) is -1.57. The lowest BCUT2D eigenvalue weighted by Gasteiger charge is -2.21. The molecule has 9 nitrogen and oxygen atoms in total. The highest BCUT2D eigenvalue weighted by molar-refractivity contribution is 8.01. The molecule has 3 rings (SSSR count). The molecule has 2 aromatic carbocycles. The summed E-state index contributed by atoms with van der Waals surface area (Å²) in [6.45, 7) is 0. The molecular weight excluding hydrogens is 472 g/mol. The van der Waals surface area contributed by atoms with Crippen LogP contribution in [0.2, 0.25) is 0 Å². The van der Waals surface area contributed by atoms with Gasteiger partial charge in [0.1, 0.15) is 0 Å². The van der Waals surface area contributed by atoms with Crippen LogP contribution in [0.25, 0.3) is 0 Å². The SMILES string of the molecule is NC(Sc1nccs1)C(O)CC(C(=O)O)S(=O)(=O)c1ccc(N=Nc2ccccc2)cc1. The summed E-state index contributed by atoms with van der Waals surface area (Å²) in [4.78, 5) is 15.6. The van der Waals surface area contributed by atoms with Crippen LogP contribution in [0.3, 0.4) is 0 Å². The van der Waals surface area contributed by atoms with Crippen molar-refractivity contribution in [3.8, 4) is 0 Å². The monoisotopic (exact) mass is 492 g/mol. The quantitative estimate of drug-likeness (QED) is 0.220. The number of rotatable bonds is 10. The van der Waals surface area contributed by atoms with E-state index >= 15 is 0 Å². The van der Waals surface area contributed by atoms with E-state index in [1.807, 2.05) is 18.2 Å². The van der Waals surface area contributed by atoms with Gasteiger partial charge >= 0.3 is 5.97 Å². The smallest absolute Gasteiger partial charge is 0.322 e. The summed E-state index contributed by atoms with van der Waals surface area (Å²) in [6, 6.07) is 14.4. The third-order valence-electron chi connectivity index (χ3n) is 4.33. The number of hydrogen-bond donors (Lipinski definition) is 3.